The zero-order valence-corrected chi connectivity index (χ0v) is 11.0. The first-order chi connectivity index (χ1) is 9.66. The first-order valence-corrected chi connectivity index (χ1v) is 6.05. The quantitative estimate of drug-likeness (QED) is 0.773. The van der Waals surface area contributed by atoms with Crippen LogP contribution in [0.25, 0.3) is 0 Å². The number of carboxylic acid groups (broad SMARTS) is 1. The zero-order chi connectivity index (χ0) is 16.2. The van der Waals surface area contributed by atoms with E-state index in [4.69, 9.17) is 5.11 Å². The summed E-state index contributed by atoms with van der Waals surface area (Å²) in [5.74, 6) is -2.24. The van der Waals surface area contributed by atoms with Gasteiger partial charge in [-0.3, -0.25) is 4.79 Å². The lowest BCUT2D eigenvalue weighted by molar-refractivity contribution is -0.143. The van der Waals surface area contributed by atoms with E-state index >= 15 is 0 Å². The van der Waals surface area contributed by atoms with E-state index in [2.05, 4.69) is 5.32 Å². The van der Waals surface area contributed by atoms with Crippen molar-refractivity contribution in [2.75, 3.05) is 0 Å². The number of carbonyl (C=O) groups is 2. The Morgan fingerprint density at radius 3 is 2.14 bits per heavy atom. The summed E-state index contributed by atoms with van der Waals surface area (Å²) in [6, 6.07) is 2.24. The number of hydrogen-bond acceptors (Lipinski definition) is 3. The smallest absolute Gasteiger partial charge is 0.416 e. The van der Waals surface area contributed by atoms with E-state index in [0.717, 1.165) is 24.3 Å². The van der Waals surface area contributed by atoms with Crippen LogP contribution in [0.4, 0.5) is 13.2 Å². The number of hydrogen-bond donors (Lipinski definition) is 3. The molecule has 0 aliphatic heterocycles. The van der Waals surface area contributed by atoms with Gasteiger partial charge in [0.15, 0.2) is 6.10 Å². The van der Waals surface area contributed by atoms with Gasteiger partial charge in [-0.05, 0) is 24.1 Å². The van der Waals surface area contributed by atoms with Crippen molar-refractivity contribution in [1.82, 2.24) is 5.32 Å². The molecule has 0 fully saturated rings. The third-order valence-electron chi connectivity index (χ3n) is 2.82. The molecule has 0 unspecified atom stereocenters. The maximum atomic E-state index is 12.4. The van der Waals surface area contributed by atoms with Crippen LogP contribution >= 0.6 is 0 Å². The molecule has 8 heteroatoms. The summed E-state index contributed by atoms with van der Waals surface area (Å²) in [5, 5.41) is 20.6. The van der Waals surface area contributed by atoms with Crippen LogP contribution in [-0.4, -0.2) is 28.1 Å². The number of aliphatic carboxylic acids is 1. The fourth-order valence-electron chi connectivity index (χ4n) is 1.59. The third kappa shape index (κ3) is 4.45. The molecule has 0 saturated carbocycles. The fraction of sp³-hybridized carbons (Fsp3) is 0.385. The number of rotatable bonds is 5. The summed E-state index contributed by atoms with van der Waals surface area (Å²) in [4.78, 5) is 22.4. The molecule has 0 heterocycles. The van der Waals surface area contributed by atoms with Gasteiger partial charge in [-0.25, -0.2) is 4.79 Å². The van der Waals surface area contributed by atoms with Crippen LogP contribution < -0.4 is 5.32 Å². The second kappa shape index (κ2) is 6.57. The average molecular weight is 305 g/mol. The van der Waals surface area contributed by atoms with Crippen molar-refractivity contribution in [3.8, 4) is 0 Å². The highest BCUT2D eigenvalue weighted by molar-refractivity contribution is 5.86. The number of aliphatic hydroxyl groups is 1. The number of halogens is 3. The predicted octanol–water partition coefficient (Wildman–Crippen LogP) is 1.72. The number of amides is 1. The monoisotopic (exact) mass is 305 g/mol. The van der Waals surface area contributed by atoms with Crippen molar-refractivity contribution < 1.29 is 33.0 Å². The predicted molar refractivity (Wildman–Crippen MR) is 66.3 cm³/mol. The summed E-state index contributed by atoms with van der Waals surface area (Å²) >= 11 is 0. The minimum atomic E-state index is -4.51. The van der Waals surface area contributed by atoms with Crippen molar-refractivity contribution in [3.63, 3.8) is 0 Å². The Kier molecular flexibility index (Phi) is 5.31. The molecule has 2 atom stereocenters. The van der Waals surface area contributed by atoms with Crippen LogP contribution in [0.3, 0.4) is 0 Å². The Hall–Kier alpha value is -2.09. The van der Waals surface area contributed by atoms with Gasteiger partial charge in [0.2, 0.25) is 0 Å². The molecule has 1 rings (SSSR count). The molecule has 1 aromatic carbocycles. The van der Waals surface area contributed by atoms with E-state index in [1.54, 1.807) is 0 Å². The molecule has 0 aliphatic rings. The third-order valence-corrected chi connectivity index (χ3v) is 2.82. The molecule has 1 aromatic rings. The van der Waals surface area contributed by atoms with E-state index in [-0.39, 0.29) is 12.0 Å². The number of carbonyl (C=O) groups excluding carboxylic acids is 1. The maximum Gasteiger partial charge on any atom is 0.416 e. The summed E-state index contributed by atoms with van der Waals surface area (Å²) in [7, 11) is 0. The van der Waals surface area contributed by atoms with E-state index in [1.807, 2.05) is 0 Å². The van der Waals surface area contributed by atoms with Gasteiger partial charge in [0.05, 0.1) is 5.56 Å². The highest BCUT2D eigenvalue weighted by Crippen LogP contribution is 2.29. The van der Waals surface area contributed by atoms with Crippen LogP contribution in [0.15, 0.2) is 24.3 Å². The zero-order valence-electron chi connectivity index (χ0n) is 11.0. The van der Waals surface area contributed by atoms with Gasteiger partial charge in [0.1, 0.15) is 6.04 Å². The standard InChI is InChI=1S/C13H14F3NO4/c1-2-9(12(20)21)17-11(19)10(18)7-3-5-8(6-4-7)13(14,15)16/h3-6,9-10,18H,2H2,1H3,(H,17,19)(H,20,21)/t9-,10-/m0/s1. The summed E-state index contributed by atoms with van der Waals surface area (Å²) in [5.41, 5.74) is -0.962. The average Bonchev–Trinajstić information content (AvgIpc) is 2.42. The van der Waals surface area contributed by atoms with Gasteiger partial charge >= 0.3 is 12.1 Å². The molecule has 0 saturated heterocycles. The van der Waals surface area contributed by atoms with Crippen molar-refractivity contribution >= 4 is 11.9 Å². The molecule has 21 heavy (non-hydrogen) atoms. The van der Waals surface area contributed by atoms with Crippen molar-refractivity contribution in [1.29, 1.82) is 0 Å². The number of nitrogens with one attached hydrogen (secondary N) is 1. The lowest BCUT2D eigenvalue weighted by atomic mass is 10.1. The van der Waals surface area contributed by atoms with Crippen molar-refractivity contribution in [2.45, 2.75) is 31.7 Å². The summed E-state index contributed by atoms with van der Waals surface area (Å²) in [6.07, 6.45) is -6.14. The molecule has 0 aromatic heterocycles. The molecular formula is C13H14F3NO4. The second-order valence-corrected chi connectivity index (χ2v) is 4.33. The topological polar surface area (TPSA) is 86.6 Å². The molecule has 1 amide bonds. The Bertz CT molecular complexity index is 513. The largest absolute Gasteiger partial charge is 0.480 e. The Morgan fingerprint density at radius 1 is 1.24 bits per heavy atom. The van der Waals surface area contributed by atoms with Crippen LogP contribution in [0, 0.1) is 0 Å². The minimum Gasteiger partial charge on any atom is -0.480 e. The van der Waals surface area contributed by atoms with Gasteiger partial charge in [-0.1, -0.05) is 19.1 Å². The maximum absolute atomic E-state index is 12.4. The van der Waals surface area contributed by atoms with Gasteiger partial charge in [-0.2, -0.15) is 13.2 Å². The highest BCUT2D eigenvalue weighted by atomic mass is 19.4. The normalized spacial score (nSPS) is 14.3. The van der Waals surface area contributed by atoms with Gasteiger partial charge < -0.3 is 15.5 Å². The van der Waals surface area contributed by atoms with E-state index in [0.29, 0.717) is 0 Å². The summed E-state index contributed by atoms with van der Waals surface area (Å²) < 4.78 is 37.1. The van der Waals surface area contributed by atoms with Gasteiger partial charge in [-0.15, -0.1) is 0 Å². The van der Waals surface area contributed by atoms with Gasteiger partial charge in [0, 0.05) is 0 Å². The van der Waals surface area contributed by atoms with Crippen LogP contribution in [0.2, 0.25) is 0 Å². The first kappa shape index (κ1) is 17.0. The van der Waals surface area contributed by atoms with E-state index in [9.17, 15) is 27.9 Å². The van der Waals surface area contributed by atoms with Gasteiger partial charge in [0.25, 0.3) is 5.91 Å². The van der Waals surface area contributed by atoms with E-state index < -0.39 is 35.8 Å². The van der Waals surface area contributed by atoms with Crippen LogP contribution in [0.5, 0.6) is 0 Å². The lowest BCUT2D eigenvalue weighted by Crippen LogP contribution is -2.42. The highest BCUT2D eigenvalue weighted by Gasteiger charge is 2.31. The van der Waals surface area contributed by atoms with Crippen LogP contribution in [-0.2, 0) is 15.8 Å². The number of benzene rings is 1. The minimum absolute atomic E-state index is 0.0549. The van der Waals surface area contributed by atoms with Crippen molar-refractivity contribution in [2.24, 2.45) is 0 Å². The molecular weight excluding hydrogens is 291 g/mol. The first-order valence-electron chi connectivity index (χ1n) is 6.05. The SMILES string of the molecule is CC[C@H](NC(=O)[C@@H](O)c1ccc(C(F)(F)F)cc1)C(=O)O. The Morgan fingerprint density at radius 2 is 1.76 bits per heavy atom. The molecule has 0 bridgehead atoms. The Labute approximate surface area is 118 Å². The molecule has 0 radical (unpaired) electrons. The molecule has 5 nitrogen and oxygen atoms in total. The van der Waals surface area contributed by atoms with E-state index in [1.165, 1.54) is 6.92 Å². The molecule has 3 N–H and O–H groups in total. The second-order valence-electron chi connectivity index (χ2n) is 4.33. The van der Waals surface area contributed by atoms with Crippen LogP contribution in [0.1, 0.15) is 30.6 Å². The number of carboxylic acids is 1. The Balaban J connectivity index is 2.81. The molecule has 116 valence electrons. The fourth-order valence-corrected chi connectivity index (χ4v) is 1.59. The molecule has 0 spiro atoms. The van der Waals surface area contributed by atoms with Crippen molar-refractivity contribution in [3.05, 3.63) is 35.4 Å². The number of alkyl halides is 3. The molecule has 0 aliphatic carbocycles. The number of aliphatic hydroxyl groups excluding tert-OH is 1. The summed E-state index contributed by atoms with van der Waals surface area (Å²) in [6.45, 7) is 1.53. The lowest BCUT2D eigenvalue weighted by Gasteiger charge is -2.16.